The summed E-state index contributed by atoms with van der Waals surface area (Å²) in [5.74, 6) is -1.17. The summed E-state index contributed by atoms with van der Waals surface area (Å²) in [6.07, 6.45) is 0. The van der Waals surface area contributed by atoms with E-state index in [0.29, 0.717) is 16.3 Å². The predicted molar refractivity (Wildman–Crippen MR) is 96.2 cm³/mol. The number of aliphatic carboxylic acids is 1. The zero-order chi connectivity index (χ0) is 19.3. The van der Waals surface area contributed by atoms with Gasteiger partial charge in [-0.15, -0.1) is 0 Å². The van der Waals surface area contributed by atoms with Gasteiger partial charge >= 0.3 is 12.0 Å². The number of non-ortho nitro benzene ring substituents is 1. The van der Waals surface area contributed by atoms with Crippen molar-refractivity contribution in [3.05, 3.63) is 69.2 Å². The average molecular weight is 378 g/mol. The molecule has 2 N–H and O–H groups in total. The van der Waals surface area contributed by atoms with Crippen LogP contribution in [0.5, 0.6) is 0 Å². The largest absolute Gasteiger partial charge is 0.480 e. The molecule has 2 amide bonds. The lowest BCUT2D eigenvalue weighted by Gasteiger charge is -2.27. The van der Waals surface area contributed by atoms with Gasteiger partial charge in [-0.25, -0.2) is 9.59 Å². The third-order valence-corrected chi connectivity index (χ3v) is 3.90. The molecule has 1 atom stereocenters. The molecular formula is C17H16ClN3O5. The van der Waals surface area contributed by atoms with Crippen molar-refractivity contribution in [2.75, 3.05) is 5.32 Å². The van der Waals surface area contributed by atoms with E-state index in [4.69, 9.17) is 11.6 Å². The fourth-order valence-electron chi connectivity index (χ4n) is 2.20. The summed E-state index contributed by atoms with van der Waals surface area (Å²) >= 11 is 5.88. The Hall–Kier alpha value is -3.13. The maximum atomic E-state index is 12.5. The SMILES string of the molecule is C[C@@H](C(=O)O)N(Cc1ccc([N+](=O)[O-])cc1)C(=O)Nc1cccc(Cl)c1. The molecule has 136 valence electrons. The zero-order valence-electron chi connectivity index (χ0n) is 13.8. The summed E-state index contributed by atoms with van der Waals surface area (Å²) in [5.41, 5.74) is 0.897. The Balaban J connectivity index is 2.21. The number of nitro benzene ring substituents is 1. The van der Waals surface area contributed by atoms with Crippen LogP contribution < -0.4 is 5.32 Å². The third kappa shape index (κ3) is 4.93. The van der Waals surface area contributed by atoms with Crippen LogP contribution in [0.15, 0.2) is 48.5 Å². The van der Waals surface area contributed by atoms with Crippen LogP contribution >= 0.6 is 11.6 Å². The van der Waals surface area contributed by atoms with Gasteiger partial charge in [-0.1, -0.05) is 29.8 Å². The molecule has 0 aliphatic rings. The van der Waals surface area contributed by atoms with Crippen LogP contribution in [-0.2, 0) is 11.3 Å². The molecule has 0 aliphatic carbocycles. The Morgan fingerprint density at radius 1 is 1.27 bits per heavy atom. The minimum Gasteiger partial charge on any atom is -0.480 e. The van der Waals surface area contributed by atoms with E-state index in [-0.39, 0.29) is 12.2 Å². The molecular weight excluding hydrogens is 362 g/mol. The topological polar surface area (TPSA) is 113 Å². The van der Waals surface area contributed by atoms with Crippen LogP contribution in [-0.4, -0.2) is 33.0 Å². The van der Waals surface area contributed by atoms with E-state index >= 15 is 0 Å². The first-order chi connectivity index (χ1) is 12.3. The minimum atomic E-state index is -1.17. The van der Waals surface area contributed by atoms with E-state index in [2.05, 4.69) is 5.32 Å². The first-order valence-corrected chi connectivity index (χ1v) is 7.95. The van der Waals surface area contributed by atoms with Crippen LogP contribution in [0.25, 0.3) is 0 Å². The van der Waals surface area contributed by atoms with Crippen molar-refractivity contribution in [2.45, 2.75) is 19.5 Å². The molecule has 0 spiro atoms. The monoisotopic (exact) mass is 377 g/mol. The van der Waals surface area contributed by atoms with Crippen molar-refractivity contribution in [3.8, 4) is 0 Å². The summed E-state index contributed by atoms with van der Waals surface area (Å²) < 4.78 is 0. The number of anilines is 1. The normalized spacial score (nSPS) is 11.5. The van der Waals surface area contributed by atoms with Gasteiger partial charge in [0.2, 0.25) is 0 Å². The Morgan fingerprint density at radius 3 is 2.46 bits per heavy atom. The highest BCUT2D eigenvalue weighted by Crippen LogP contribution is 2.18. The van der Waals surface area contributed by atoms with Crippen molar-refractivity contribution in [3.63, 3.8) is 0 Å². The minimum absolute atomic E-state index is 0.0299. The molecule has 0 unspecified atom stereocenters. The van der Waals surface area contributed by atoms with Crippen molar-refractivity contribution in [1.29, 1.82) is 0 Å². The van der Waals surface area contributed by atoms with E-state index in [1.807, 2.05) is 0 Å². The highest BCUT2D eigenvalue weighted by atomic mass is 35.5. The van der Waals surface area contributed by atoms with Crippen LogP contribution in [0.3, 0.4) is 0 Å². The number of nitrogens with zero attached hydrogens (tertiary/aromatic N) is 2. The van der Waals surface area contributed by atoms with Crippen LogP contribution in [0.4, 0.5) is 16.2 Å². The van der Waals surface area contributed by atoms with Crippen LogP contribution in [0, 0.1) is 10.1 Å². The quantitative estimate of drug-likeness (QED) is 0.587. The summed E-state index contributed by atoms with van der Waals surface area (Å²) in [4.78, 5) is 35.2. The highest BCUT2D eigenvalue weighted by Gasteiger charge is 2.26. The van der Waals surface area contributed by atoms with Gasteiger partial charge in [0.05, 0.1) is 4.92 Å². The summed E-state index contributed by atoms with van der Waals surface area (Å²) in [6, 6.07) is 10.3. The number of benzene rings is 2. The number of halogens is 1. The van der Waals surface area contributed by atoms with Gasteiger partial charge in [0, 0.05) is 29.4 Å². The number of carboxylic acid groups (broad SMARTS) is 1. The van der Waals surface area contributed by atoms with Crippen LogP contribution in [0.2, 0.25) is 5.02 Å². The highest BCUT2D eigenvalue weighted by molar-refractivity contribution is 6.30. The van der Waals surface area contributed by atoms with E-state index < -0.39 is 23.0 Å². The second-order valence-corrected chi connectivity index (χ2v) is 5.94. The Kier molecular flexibility index (Phi) is 6.13. The number of carbonyl (C=O) groups excluding carboxylic acids is 1. The molecule has 0 saturated heterocycles. The van der Waals surface area contributed by atoms with Gasteiger partial charge in [-0.2, -0.15) is 0 Å². The Labute approximate surface area is 154 Å². The van der Waals surface area contributed by atoms with Gasteiger partial charge in [0.25, 0.3) is 5.69 Å². The van der Waals surface area contributed by atoms with E-state index in [1.54, 1.807) is 18.2 Å². The number of nitro groups is 1. The maximum absolute atomic E-state index is 12.5. The molecule has 0 saturated carbocycles. The Bertz CT molecular complexity index is 825. The second-order valence-electron chi connectivity index (χ2n) is 5.51. The lowest BCUT2D eigenvalue weighted by Crippen LogP contribution is -2.44. The number of amides is 2. The molecule has 0 heterocycles. The van der Waals surface area contributed by atoms with Gasteiger partial charge in [-0.05, 0) is 30.7 Å². The van der Waals surface area contributed by atoms with Gasteiger partial charge < -0.3 is 15.3 Å². The van der Waals surface area contributed by atoms with Crippen LogP contribution in [0.1, 0.15) is 12.5 Å². The molecule has 0 aliphatic heterocycles. The number of rotatable bonds is 6. The molecule has 0 radical (unpaired) electrons. The second kappa shape index (κ2) is 8.30. The molecule has 2 rings (SSSR count). The number of carbonyl (C=O) groups is 2. The smallest absolute Gasteiger partial charge is 0.326 e. The zero-order valence-corrected chi connectivity index (χ0v) is 14.5. The van der Waals surface area contributed by atoms with Crippen molar-refractivity contribution < 1.29 is 19.6 Å². The maximum Gasteiger partial charge on any atom is 0.326 e. The van der Waals surface area contributed by atoms with Gasteiger partial charge in [0.15, 0.2) is 0 Å². The molecule has 0 bridgehead atoms. The van der Waals surface area contributed by atoms with E-state index in [1.165, 1.54) is 37.3 Å². The lowest BCUT2D eigenvalue weighted by molar-refractivity contribution is -0.384. The summed E-state index contributed by atoms with van der Waals surface area (Å²) in [5, 5.41) is 23.0. The standard InChI is InChI=1S/C17H16ClN3O5/c1-11(16(22)23)20(10-12-5-7-15(8-6-12)21(25)26)17(24)19-14-4-2-3-13(18)9-14/h2-9,11H,10H2,1H3,(H,19,24)(H,22,23)/t11-/m0/s1. The molecule has 2 aromatic rings. The number of nitrogens with one attached hydrogen (secondary N) is 1. The number of hydrogen-bond donors (Lipinski definition) is 2. The molecule has 9 heteroatoms. The van der Waals surface area contributed by atoms with Crippen molar-refractivity contribution >= 4 is 35.0 Å². The molecule has 0 aromatic heterocycles. The third-order valence-electron chi connectivity index (χ3n) is 3.66. The fraction of sp³-hybridized carbons (Fsp3) is 0.176. The average Bonchev–Trinajstić information content (AvgIpc) is 2.59. The van der Waals surface area contributed by atoms with Gasteiger partial charge in [-0.3, -0.25) is 10.1 Å². The first-order valence-electron chi connectivity index (χ1n) is 7.57. The van der Waals surface area contributed by atoms with Crippen molar-refractivity contribution in [1.82, 2.24) is 4.90 Å². The predicted octanol–water partition coefficient (Wildman–Crippen LogP) is 3.76. The van der Waals surface area contributed by atoms with Gasteiger partial charge in [0.1, 0.15) is 6.04 Å². The molecule has 0 fully saturated rings. The molecule has 2 aromatic carbocycles. The van der Waals surface area contributed by atoms with E-state index in [9.17, 15) is 24.8 Å². The molecule has 26 heavy (non-hydrogen) atoms. The number of carboxylic acids is 1. The van der Waals surface area contributed by atoms with E-state index in [0.717, 1.165) is 4.90 Å². The summed E-state index contributed by atoms with van der Waals surface area (Å²) in [7, 11) is 0. The Morgan fingerprint density at radius 2 is 1.92 bits per heavy atom. The number of urea groups is 1. The lowest BCUT2D eigenvalue weighted by atomic mass is 10.1. The van der Waals surface area contributed by atoms with Crippen molar-refractivity contribution in [2.24, 2.45) is 0 Å². The fourth-order valence-corrected chi connectivity index (χ4v) is 2.39. The first kappa shape index (κ1) is 19.2. The number of hydrogen-bond acceptors (Lipinski definition) is 4. The summed E-state index contributed by atoms with van der Waals surface area (Å²) in [6.45, 7) is 1.35. The molecule has 8 nitrogen and oxygen atoms in total.